The number of carbonyl (C=O) groups excluding carboxylic acids is 1. The molecular formula is C21H17N3O5S. The van der Waals surface area contributed by atoms with Gasteiger partial charge < -0.3 is 9.47 Å². The molecule has 0 unspecified atom stereocenters. The normalized spacial score (nSPS) is 15.3. The Labute approximate surface area is 173 Å². The topological polar surface area (TPSA) is 107 Å². The number of nitrogens with one attached hydrogen (secondary N) is 1. The van der Waals surface area contributed by atoms with E-state index in [9.17, 15) is 13.2 Å². The Hall–Kier alpha value is -3.72. The average molecular weight is 423 g/mol. The minimum absolute atomic E-state index is 0.0115. The molecule has 0 amide bonds. The first kappa shape index (κ1) is 19.6. The highest BCUT2D eigenvalue weighted by molar-refractivity contribution is 7.90. The molecule has 152 valence electrons. The van der Waals surface area contributed by atoms with Crippen LogP contribution in [0.25, 0.3) is 0 Å². The van der Waals surface area contributed by atoms with E-state index in [1.54, 1.807) is 54.9 Å². The fraction of sp³-hybridized carbons (Fsp3) is 0.0952. The maximum atomic E-state index is 12.2. The largest absolute Gasteiger partial charge is 0.459 e. The van der Waals surface area contributed by atoms with Gasteiger partial charge in [-0.25, -0.2) is 8.42 Å². The lowest BCUT2D eigenvalue weighted by Crippen LogP contribution is -2.23. The summed E-state index contributed by atoms with van der Waals surface area (Å²) in [6.07, 6.45) is 3.23. The maximum Gasteiger partial charge on any atom is 0.328 e. The van der Waals surface area contributed by atoms with Crippen molar-refractivity contribution >= 4 is 21.8 Å². The maximum absolute atomic E-state index is 12.2. The van der Waals surface area contributed by atoms with Gasteiger partial charge in [0.1, 0.15) is 30.5 Å². The highest BCUT2D eigenvalue weighted by Crippen LogP contribution is 2.25. The smallest absolute Gasteiger partial charge is 0.328 e. The first-order chi connectivity index (χ1) is 14.5. The molecule has 3 aromatic rings. The van der Waals surface area contributed by atoms with Gasteiger partial charge in [0.05, 0.1) is 11.1 Å². The second-order valence-electron chi connectivity index (χ2n) is 6.33. The Kier molecular flexibility index (Phi) is 5.44. The first-order valence-corrected chi connectivity index (χ1v) is 10.5. The molecule has 30 heavy (non-hydrogen) atoms. The summed E-state index contributed by atoms with van der Waals surface area (Å²) in [5, 5.41) is 0. The number of nitrogens with zero attached hydrogens (tertiary/aromatic N) is 2. The molecule has 0 atom stereocenters. The zero-order valence-corrected chi connectivity index (χ0v) is 16.5. The molecule has 1 aromatic heterocycles. The summed E-state index contributed by atoms with van der Waals surface area (Å²) in [6.45, 7) is -0.333. The number of hydrogen-bond donors (Lipinski definition) is 1. The molecule has 9 heteroatoms. The number of amidine groups is 1. The Morgan fingerprint density at radius 2 is 1.83 bits per heavy atom. The van der Waals surface area contributed by atoms with Crippen LogP contribution in [0.1, 0.15) is 11.1 Å². The number of aromatic nitrogens is 1. The van der Waals surface area contributed by atoms with Gasteiger partial charge in [-0.05, 0) is 30.3 Å². The number of sulfonamides is 1. The van der Waals surface area contributed by atoms with Gasteiger partial charge in [0, 0.05) is 17.3 Å². The summed E-state index contributed by atoms with van der Waals surface area (Å²) in [6, 6.07) is 17.1. The fourth-order valence-corrected chi connectivity index (χ4v) is 4.11. The van der Waals surface area contributed by atoms with Gasteiger partial charge >= 0.3 is 5.97 Å². The van der Waals surface area contributed by atoms with E-state index in [1.807, 2.05) is 12.1 Å². The van der Waals surface area contributed by atoms with E-state index < -0.39 is 16.0 Å². The first-order valence-electron chi connectivity index (χ1n) is 9.01. The van der Waals surface area contributed by atoms with Crippen molar-refractivity contribution in [3.8, 4) is 11.5 Å². The summed E-state index contributed by atoms with van der Waals surface area (Å²) in [7, 11) is -3.65. The number of fused-ring (bicyclic) bond motifs is 1. The van der Waals surface area contributed by atoms with Gasteiger partial charge in [-0.3, -0.25) is 19.5 Å². The van der Waals surface area contributed by atoms with Crippen molar-refractivity contribution in [2.75, 3.05) is 6.54 Å². The summed E-state index contributed by atoms with van der Waals surface area (Å²) in [5.41, 5.74) is 1.11. The van der Waals surface area contributed by atoms with Crippen LogP contribution in [-0.4, -0.2) is 31.8 Å². The number of rotatable bonds is 6. The molecule has 1 aliphatic heterocycles. The number of esters is 1. The number of hydrogen-bond acceptors (Lipinski definition) is 7. The number of para-hydroxylation sites is 1. The van der Waals surface area contributed by atoms with Gasteiger partial charge in [0.2, 0.25) is 0 Å². The van der Waals surface area contributed by atoms with Crippen LogP contribution in [-0.2, 0) is 26.2 Å². The van der Waals surface area contributed by atoms with Gasteiger partial charge in [-0.1, -0.05) is 30.3 Å². The van der Waals surface area contributed by atoms with Crippen LogP contribution in [0, 0.1) is 0 Å². The SMILES string of the molecule is O=C(CN=C1NS(=O)(=O)c2ccccc21)OCc1ccccc1Oc1cccnc1. The fourth-order valence-electron chi connectivity index (χ4n) is 2.86. The van der Waals surface area contributed by atoms with Gasteiger partial charge in [0.25, 0.3) is 10.0 Å². The Morgan fingerprint density at radius 3 is 2.67 bits per heavy atom. The van der Waals surface area contributed by atoms with Crippen molar-refractivity contribution < 1.29 is 22.7 Å². The van der Waals surface area contributed by atoms with Crippen LogP contribution < -0.4 is 9.46 Å². The zero-order chi connectivity index (χ0) is 21.0. The van der Waals surface area contributed by atoms with E-state index in [0.717, 1.165) is 0 Å². The van der Waals surface area contributed by atoms with Crippen molar-refractivity contribution in [2.24, 2.45) is 4.99 Å². The summed E-state index contributed by atoms with van der Waals surface area (Å²) < 4.78 is 37.6. The van der Waals surface area contributed by atoms with Crippen LogP contribution >= 0.6 is 0 Å². The molecule has 0 spiro atoms. The van der Waals surface area contributed by atoms with E-state index >= 15 is 0 Å². The third-order valence-corrected chi connectivity index (χ3v) is 5.65. The van der Waals surface area contributed by atoms with Crippen LogP contribution in [0.15, 0.2) is 82.9 Å². The molecule has 0 saturated carbocycles. The summed E-state index contributed by atoms with van der Waals surface area (Å²) in [5.74, 6) is 0.641. The van der Waals surface area contributed by atoms with E-state index in [2.05, 4.69) is 14.7 Å². The van der Waals surface area contributed by atoms with Crippen molar-refractivity contribution in [3.63, 3.8) is 0 Å². The summed E-state index contributed by atoms with van der Waals surface area (Å²) >= 11 is 0. The molecule has 0 saturated heterocycles. The van der Waals surface area contributed by atoms with Crippen LogP contribution in [0.3, 0.4) is 0 Å². The average Bonchev–Trinajstić information content (AvgIpc) is 3.03. The van der Waals surface area contributed by atoms with Gasteiger partial charge in [-0.15, -0.1) is 0 Å². The minimum Gasteiger partial charge on any atom is -0.459 e. The zero-order valence-electron chi connectivity index (χ0n) is 15.7. The Bertz CT molecular complexity index is 1210. The molecule has 0 bridgehead atoms. The quantitative estimate of drug-likeness (QED) is 0.611. The molecule has 0 aliphatic carbocycles. The number of benzene rings is 2. The molecule has 2 heterocycles. The standard InChI is InChI=1S/C21H17N3O5S/c25-20(13-23-21-17-8-2-4-10-19(17)30(26,27)24-21)28-14-15-6-1-3-9-18(15)29-16-7-5-11-22-12-16/h1-12H,13-14H2,(H,23,24). The predicted octanol–water partition coefficient (Wildman–Crippen LogP) is 2.66. The molecular weight excluding hydrogens is 406 g/mol. The van der Waals surface area contributed by atoms with E-state index in [0.29, 0.717) is 22.6 Å². The number of pyridine rings is 1. The molecule has 2 aromatic carbocycles. The molecule has 4 rings (SSSR count). The molecule has 0 fully saturated rings. The molecule has 1 aliphatic rings. The van der Waals surface area contributed by atoms with Crippen molar-refractivity contribution in [2.45, 2.75) is 11.5 Å². The lowest BCUT2D eigenvalue weighted by molar-refractivity contribution is -0.143. The lowest BCUT2D eigenvalue weighted by Gasteiger charge is -2.11. The third-order valence-electron chi connectivity index (χ3n) is 4.25. The van der Waals surface area contributed by atoms with Gasteiger partial charge in [0.15, 0.2) is 0 Å². The van der Waals surface area contributed by atoms with Crippen LogP contribution in [0.5, 0.6) is 11.5 Å². The van der Waals surface area contributed by atoms with Crippen molar-refractivity contribution in [1.82, 2.24) is 9.71 Å². The second kappa shape index (κ2) is 8.34. The number of carbonyl (C=O) groups is 1. The van der Waals surface area contributed by atoms with E-state index in [-0.39, 0.29) is 23.9 Å². The lowest BCUT2D eigenvalue weighted by atomic mass is 10.2. The third kappa shape index (κ3) is 4.31. The van der Waals surface area contributed by atoms with Crippen LogP contribution in [0.4, 0.5) is 0 Å². The van der Waals surface area contributed by atoms with Crippen LogP contribution in [0.2, 0.25) is 0 Å². The molecule has 1 N–H and O–H groups in total. The van der Waals surface area contributed by atoms with Gasteiger partial charge in [-0.2, -0.15) is 0 Å². The summed E-state index contributed by atoms with van der Waals surface area (Å²) in [4.78, 5) is 20.4. The predicted molar refractivity (Wildman–Crippen MR) is 109 cm³/mol. The second-order valence-corrected chi connectivity index (χ2v) is 7.98. The Morgan fingerprint density at radius 1 is 1.03 bits per heavy atom. The highest BCUT2D eigenvalue weighted by Gasteiger charge is 2.30. The van der Waals surface area contributed by atoms with Crippen molar-refractivity contribution in [1.29, 1.82) is 0 Å². The molecule has 0 radical (unpaired) electrons. The number of aliphatic imine (C=N–C) groups is 1. The minimum atomic E-state index is -3.65. The van der Waals surface area contributed by atoms with E-state index in [4.69, 9.17) is 9.47 Å². The Balaban J connectivity index is 1.40. The van der Waals surface area contributed by atoms with Crippen molar-refractivity contribution in [3.05, 3.63) is 84.2 Å². The molecule has 8 nitrogen and oxygen atoms in total. The monoisotopic (exact) mass is 423 g/mol. The van der Waals surface area contributed by atoms with E-state index in [1.165, 1.54) is 6.07 Å². The number of ether oxygens (including phenoxy) is 2. The highest BCUT2D eigenvalue weighted by atomic mass is 32.2.